The number of aromatic nitrogens is 1. The SMILES string of the molecule is O=C(NC1CCNC1)c1coc(-c2ccccc2)n1. The second-order valence-electron chi connectivity index (χ2n) is 4.57. The summed E-state index contributed by atoms with van der Waals surface area (Å²) < 4.78 is 5.35. The van der Waals surface area contributed by atoms with Crippen molar-refractivity contribution in [3.63, 3.8) is 0 Å². The lowest BCUT2D eigenvalue weighted by molar-refractivity contribution is 0.0935. The number of carbonyl (C=O) groups is 1. The van der Waals surface area contributed by atoms with Gasteiger partial charge in [0.1, 0.15) is 6.26 Å². The molecule has 3 rings (SSSR count). The molecule has 1 aromatic heterocycles. The van der Waals surface area contributed by atoms with E-state index in [2.05, 4.69) is 15.6 Å². The fraction of sp³-hybridized carbons (Fsp3) is 0.286. The Morgan fingerprint density at radius 3 is 2.95 bits per heavy atom. The molecule has 1 aliphatic rings. The topological polar surface area (TPSA) is 67.2 Å². The number of hydrogen-bond acceptors (Lipinski definition) is 4. The molecule has 1 unspecified atom stereocenters. The summed E-state index contributed by atoms with van der Waals surface area (Å²) in [6.07, 6.45) is 2.36. The van der Waals surface area contributed by atoms with Gasteiger partial charge in [-0.3, -0.25) is 4.79 Å². The molecule has 19 heavy (non-hydrogen) atoms. The molecule has 98 valence electrons. The van der Waals surface area contributed by atoms with Crippen LogP contribution >= 0.6 is 0 Å². The minimum absolute atomic E-state index is 0.181. The smallest absolute Gasteiger partial charge is 0.273 e. The van der Waals surface area contributed by atoms with Gasteiger partial charge in [0.25, 0.3) is 5.91 Å². The van der Waals surface area contributed by atoms with Crippen LogP contribution in [-0.2, 0) is 0 Å². The maximum atomic E-state index is 12.0. The Kier molecular flexibility index (Phi) is 3.29. The van der Waals surface area contributed by atoms with Gasteiger partial charge in [0.2, 0.25) is 5.89 Å². The lowest BCUT2D eigenvalue weighted by atomic mass is 10.2. The second kappa shape index (κ2) is 5.24. The highest BCUT2D eigenvalue weighted by atomic mass is 16.3. The third-order valence-corrected chi connectivity index (χ3v) is 3.15. The van der Waals surface area contributed by atoms with Crippen molar-refractivity contribution >= 4 is 5.91 Å². The molecular formula is C14H15N3O2. The van der Waals surface area contributed by atoms with Crippen molar-refractivity contribution in [3.8, 4) is 11.5 Å². The van der Waals surface area contributed by atoms with Crippen molar-refractivity contribution in [1.82, 2.24) is 15.6 Å². The van der Waals surface area contributed by atoms with E-state index >= 15 is 0 Å². The third kappa shape index (κ3) is 2.66. The van der Waals surface area contributed by atoms with Crippen LogP contribution in [0.5, 0.6) is 0 Å². The quantitative estimate of drug-likeness (QED) is 0.873. The average molecular weight is 257 g/mol. The minimum atomic E-state index is -0.181. The molecule has 1 amide bonds. The summed E-state index contributed by atoms with van der Waals surface area (Å²) in [7, 11) is 0. The Balaban J connectivity index is 1.72. The van der Waals surface area contributed by atoms with Gasteiger partial charge in [-0.05, 0) is 25.1 Å². The van der Waals surface area contributed by atoms with Crippen LogP contribution in [0.25, 0.3) is 11.5 Å². The van der Waals surface area contributed by atoms with Gasteiger partial charge in [-0.25, -0.2) is 4.98 Å². The van der Waals surface area contributed by atoms with E-state index in [1.807, 2.05) is 30.3 Å². The van der Waals surface area contributed by atoms with Crippen LogP contribution in [0, 0.1) is 0 Å². The Morgan fingerprint density at radius 2 is 2.21 bits per heavy atom. The molecule has 1 fully saturated rings. The molecule has 1 aliphatic heterocycles. The van der Waals surface area contributed by atoms with E-state index in [-0.39, 0.29) is 11.9 Å². The van der Waals surface area contributed by atoms with Crippen LogP contribution in [0.1, 0.15) is 16.9 Å². The summed E-state index contributed by atoms with van der Waals surface area (Å²) in [6.45, 7) is 1.76. The number of hydrogen-bond donors (Lipinski definition) is 2. The summed E-state index contributed by atoms with van der Waals surface area (Å²) >= 11 is 0. The van der Waals surface area contributed by atoms with Crippen molar-refractivity contribution < 1.29 is 9.21 Å². The largest absolute Gasteiger partial charge is 0.444 e. The van der Waals surface area contributed by atoms with E-state index in [1.165, 1.54) is 6.26 Å². The fourth-order valence-electron chi connectivity index (χ4n) is 2.13. The molecule has 5 heteroatoms. The highest BCUT2D eigenvalue weighted by Gasteiger charge is 2.20. The van der Waals surface area contributed by atoms with Crippen molar-refractivity contribution in [2.45, 2.75) is 12.5 Å². The maximum Gasteiger partial charge on any atom is 0.273 e. The fourth-order valence-corrected chi connectivity index (χ4v) is 2.13. The van der Waals surface area contributed by atoms with E-state index in [4.69, 9.17) is 4.42 Å². The zero-order valence-corrected chi connectivity index (χ0v) is 10.4. The second-order valence-corrected chi connectivity index (χ2v) is 4.57. The molecule has 0 radical (unpaired) electrons. The predicted molar refractivity (Wildman–Crippen MR) is 70.7 cm³/mol. The normalized spacial score (nSPS) is 18.4. The van der Waals surface area contributed by atoms with Crippen LogP contribution in [0.15, 0.2) is 41.0 Å². The van der Waals surface area contributed by atoms with Crippen molar-refractivity contribution in [3.05, 3.63) is 42.3 Å². The molecular weight excluding hydrogens is 242 g/mol. The zero-order valence-electron chi connectivity index (χ0n) is 10.4. The summed E-state index contributed by atoms with van der Waals surface area (Å²) in [5, 5.41) is 6.14. The van der Waals surface area contributed by atoms with Crippen LogP contribution in [0.3, 0.4) is 0 Å². The van der Waals surface area contributed by atoms with Crippen molar-refractivity contribution in [1.29, 1.82) is 0 Å². The zero-order chi connectivity index (χ0) is 13.1. The van der Waals surface area contributed by atoms with Gasteiger partial charge in [-0.2, -0.15) is 0 Å². The third-order valence-electron chi connectivity index (χ3n) is 3.15. The van der Waals surface area contributed by atoms with Gasteiger partial charge in [0.15, 0.2) is 5.69 Å². The minimum Gasteiger partial charge on any atom is -0.444 e. The standard InChI is InChI=1S/C14H15N3O2/c18-13(16-11-6-7-15-8-11)12-9-19-14(17-12)10-4-2-1-3-5-10/h1-5,9,11,15H,6-8H2,(H,16,18). The van der Waals surface area contributed by atoms with Crippen LogP contribution in [0.2, 0.25) is 0 Å². The lowest BCUT2D eigenvalue weighted by Crippen LogP contribution is -2.36. The number of amides is 1. The van der Waals surface area contributed by atoms with Gasteiger partial charge in [-0.15, -0.1) is 0 Å². The highest BCUT2D eigenvalue weighted by molar-refractivity contribution is 5.92. The van der Waals surface area contributed by atoms with Crippen molar-refractivity contribution in [2.75, 3.05) is 13.1 Å². The van der Waals surface area contributed by atoms with Gasteiger partial charge in [0.05, 0.1) is 0 Å². The van der Waals surface area contributed by atoms with E-state index < -0.39 is 0 Å². The van der Waals surface area contributed by atoms with Gasteiger partial charge in [-0.1, -0.05) is 18.2 Å². The number of nitrogens with zero attached hydrogens (tertiary/aromatic N) is 1. The van der Waals surface area contributed by atoms with Crippen LogP contribution in [-0.4, -0.2) is 30.0 Å². The Morgan fingerprint density at radius 1 is 1.37 bits per heavy atom. The molecule has 1 saturated heterocycles. The first kappa shape index (κ1) is 11.9. The number of nitrogens with one attached hydrogen (secondary N) is 2. The summed E-state index contributed by atoms with van der Waals surface area (Å²) in [5.74, 6) is 0.287. The van der Waals surface area contributed by atoms with Gasteiger partial charge < -0.3 is 15.1 Å². The molecule has 1 atom stereocenters. The molecule has 2 N–H and O–H groups in total. The van der Waals surface area contributed by atoms with Gasteiger partial charge >= 0.3 is 0 Å². The van der Waals surface area contributed by atoms with E-state index in [0.29, 0.717) is 11.6 Å². The Bertz CT molecular complexity index is 559. The molecule has 2 aromatic rings. The Hall–Kier alpha value is -2.14. The lowest BCUT2D eigenvalue weighted by Gasteiger charge is -2.08. The number of oxazole rings is 1. The van der Waals surface area contributed by atoms with E-state index in [0.717, 1.165) is 25.1 Å². The first-order valence-electron chi connectivity index (χ1n) is 6.35. The molecule has 0 bridgehead atoms. The van der Waals surface area contributed by atoms with E-state index in [1.54, 1.807) is 0 Å². The molecule has 2 heterocycles. The van der Waals surface area contributed by atoms with Gasteiger partial charge in [0, 0.05) is 18.2 Å². The van der Waals surface area contributed by atoms with Crippen molar-refractivity contribution in [2.24, 2.45) is 0 Å². The predicted octanol–water partition coefficient (Wildman–Crippen LogP) is 1.43. The molecule has 1 aromatic carbocycles. The summed E-state index contributed by atoms with van der Waals surface area (Å²) in [4.78, 5) is 16.2. The molecule has 0 spiro atoms. The average Bonchev–Trinajstić information content (AvgIpc) is 3.10. The number of benzene rings is 1. The molecule has 0 saturated carbocycles. The first-order chi connectivity index (χ1) is 9.33. The monoisotopic (exact) mass is 257 g/mol. The number of rotatable bonds is 3. The highest BCUT2D eigenvalue weighted by Crippen LogP contribution is 2.17. The molecule has 5 nitrogen and oxygen atoms in total. The summed E-state index contributed by atoms with van der Waals surface area (Å²) in [5.41, 5.74) is 1.19. The van der Waals surface area contributed by atoms with Crippen LogP contribution < -0.4 is 10.6 Å². The van der Waals surface area contributed by atoms with E-state index in [9.17, 15) is 4.79 Å². The first-order valence-corrected chi connectivity index (χ1v) is 6.35. The summed E-state index contributed by atoms with van der Waals surface area (Å²) in [6, 6.07) is 9.72. The maximum absolute atomic E-state index is 12.0. The molecule has 0 aliphatic carbocycles. The van der Waals surface area contributed by atoms with Crippen LogP contribution in [0.4, 0.5) is 0 Å². The number of carbonyl (C=O) groups excluding carboxylic acids is 1. The Labute approximate surface area is 111 Å².